The summed E-state index contributed by atoms with van der Waals surface area (Å²) >= 11 is 0. The number of phenolic OH excluding ortho intramolecular Hbond substituents is 1. The molecule has 0 aromatic heterocycles. The van der Waals surface area contributed by atoms with Crippen molar-refractivity contribution in [3.63, 3.8) is 0 Å². The lowest BCUT2D eigenvalue weighted by atomic mass is 10.0. The highest BCUT2D eigenvalue weighted by atomic mass is 32.2. The highest BCUT2D eigenvalue weighted by Crippen LogP contribution is 2.32. The fourth-order valence-electron chi connectivity index (χ4n) is 2.85. The predicted octanol–water partition coefficient (Wildman–Crippen LogP) is 4.72. The number of rotatable bonds is 5. The van der Waals surface area contributed by atoms with Crippen molar-refractivity contribution >= 4 is 21.4 Å². The van der Waals surface area contributed by atoms with Crippen LogP contribution in [0, 0.1) is 0 Å². The molecule has 138 valence electrons. The minimum absolute atomic E-state index is 0.0615. The van der Waals surface area contributed by atoms with E-state index in [1.54, 1.807) is 36.4 Å². The number of hydrogen-bond acceptors (Lipinski definition) is 5. The number of sulfonamides is 1. The summed E-state index contributed by atoms with van der Waals surface area (Å²) in [5.74, 6) is 0.381. The van der Waals surface area contributed by atoms with E-state index in [1.807, 2.05) is 6.07 Å². The van der Waals surface area contributed by atoms with Crippen LogP contribution in [0.5, 0.6) is 5.75 Å². The molecule has 0 atom stereocenters. The van der Waals surface area contributed by atoms with Crippen LogP contribution in [0.1, 0.15) is 38.2 Å². The van der Waals surface area contributed by atoms with Gasteiger partial charge in [0, 0.05) is 13.1 Å². The first-order chi connectivity index (χ1) is 12.4. The molecule has 0 radical (unpaired) electrons. The Balaban J connectivity index is 1.79. The zero-order valence-corrected chi connectivity index (χ0v) is 15.8. The second-order valence-corrected chi connectivity index (χ2v) is 8.65. The zero-order valence-electron chi connectivity index (χ0n) is 15.0. The first kappa shape index (κ1) is 18.5. The third kappa shape index (κ3) is 3.94. The molecule has 2 aromatic carbocycles. The maximum atomic E-state index is 12.5. The van der Waals surface area contributed by atoms with Gasteiger partial charge in [-0.25, -0.2) is 8.42 Å². The van der Waals surface area contributed by atoms with Crippen molar-refractivity contribution in [1.82, 2.24) is 4.31 Å². The van der Waals surface area contributed by atoms with Crippen LogP contribution in [0.4, 0.5) is 11.4 Å². The standard InChI is InChI=1S/C19H23N3O3S/c1-14(2)15-5-10-19(23)18(13-15)21-20-16-6-8-17(9-7-16)26(24,25)22-11-3-4-12-22/h5-10,13-14,23H,3-4,11-12H2,1-2H3. The maximum Gasteiger partial charge on any atom is 0.243 e. The largest absolute Gasteiger partial charge is 0.506 e. The SMILES string of the molecule is CC(C)c1ccc(O)c(N=Nc2ccc(S(=O)(=O)N3CCCC3)cc2)c1. The number of nitrogens with zero attached hydrogens (tertiary/aromatic N) is 3. The van der Waals surface area contributed by atoms with Crippen LogP contribution in [0.25, 0.3) is 0 Å². The van der Waals surface area contributed by atoms with E-state index in [4.69, 9.17) is 0 Å². The average Bonchev–Trinajstić information content (AvgIpc) is 3.16. The van der Waals surface area contributed by atoms with Gasteiger partial charge in [-0.2, -0.15) is 9.42 Å². The second kappa shape index (κ2) is 7.55. The van der Waals surface area contributed by atoms with Crippen molar-refractivity contribution in [2.45, 2.75) is 37.5 Å². The molecule has 1 aliphatic rings. The number of aromatic hydroxyl groups is 1. The van der Waals surface area contributed by atoms with Crippen LogP contribution in [-0.4, -0.2) is 30.9 Å². The monoisotopic (exact) mass is 373 g/mol. The van der Waals surface area contributed by atoms with E-state index in [0.29, 0.717) is 30.4 Å². The first-order valence-electron chi connectivity index (χ1n) is 8.73. The van der Waals surface area contributed by atoms with Crippen LogP contribution >= 0.6 is 0 Å². The predicted molar refractivity (Wildman–Crippen MR) is 101 cm³/mol. The Labute approximate surface area is 154 Å². The molecule has 0 saturated carbocycles. The van der Waals surface area contributed by atoms with Crippen LogP contribution in [0.3, 0.4) is 0 Å². The fourth-order valence-corrected chi connectivity index (χ4v) is 4.37. The topological polar surface area (TPSA) is 82.3 Å². The van der Waals surface area contributed by atoms with E-state index in [0.717, 1.165) is 18.4 Å². The zero-order chi connectivity index (χ0) is 18.7. The number of hydrogen-bond donors (Lipinski definition) is 1. The molecular formula is C19H23N3O3S. The molecule has 6 nitrogen and oxygen atoms in total. The summed E-state index contributed by atoms with van der Waals surface area (Å²) in [4.78, 5) is 0.267. The van der Waals surface area contributed by atoms with Gasteiger partial charge in [-0.05, 0) is 60.7 Å². The summed E-state index contributed by atoms with van der Waals surface area (Å²) in [6.45, 7) is 5.28. The molecule has 0 unspecified atom stereocenters. The summed E-state index contributed by atoms with van der Waals surface area (Å²) in [6.07, 6.45) is 1.81. The second-order valence-electron chi connectivity index (χ2n) is 6.71. The molecule has 0 aliphatic carbocycles. The van der Waals surface area contributed by atoms with Crippen molar-refractivity contribution in [2.75, 3.05) is 13.1 Å². The molecule has 1 saturated heterocycles. The van der Waals surface area contributed by atoms with Gasteiger partial charge in [0.05, 0.1) is 10.6 Å². The van der Waals surface area contributed by atoms with Crippen LogP contribution in [-0.2, 0) is 10.0 Å². The Morgan fingerprint density at radius 3 is 2.27 bits per heavy atom. The lowest BCUT2D eigenvalue weighted by molar-refractivity contribution is 0.476. The van der Waals surface area contributed by atoms with Crippen molar-refractivity contribution in [3.8, 4) is 5.75 Å². The molecule has 1 fully saturated rings. The third-order valence-electron chi connectivity index (χ3n) is 4.48. The molecule has 0 bridgehead atoms. The smallest absolute Gasteiger partial charge is 0.243 e. The van der Waals surface area contributed by atoms with E-state index in [1.165, 1.54) is 4.31 Å². The summed E-state index contributed by atoms with van der Waals surface area (Å²) in [6, 6.07) is 11.6. The Kier molecular flexibility index (Phi) is 5.38. The molecule has 26 heavy (non-hydrogen) atoms. The van der Waals surface area contributed by atoms with Gasteiger partial charge in [0.15, 0.2) is 0 Å². The molecular weight excluding hydrogens is 350 g/mol. The average molecular weight is 373 g/mol. The summed E-state index contributed by atoms with van der Waals surface area (Å²) in [5.41, 5.74) is 1.98. The van der Waals surface area contributed by atoms with E-state index in [2.05, 4.69) is 24.1 Å². The quantitative estimate of drug-likeness (QED) is 0.770. The molecule has 0 amide bonds. The van der Waals surface area contributed by atoms with Crippen LogP contribution in [0.15, 0.2) is 57.6 Å². The Hall–Kier alpha value is -2.25. The molecule has 2 aromatic rings. The number of azo groups is 1. The number of phenols is 1. The Morgan fingerprint density at radius 2 is 1.65 bits per heavy atom. The van der Waals surface area contributed by atoms with E-state index in [9.17, 15) is 13.5 Å². The maximum absolute atomic E-state index is 12.5. The molecule has 3 rings (SSSR count). The van der Waals surface area contributed by atoms with Gasteiger partial charge < -0.3 is 5.11 Å². The molecule has 1 aliphatic heterocycles. The van der Waals surface area contributed by atoms with Crippen molar-refractivity contribution in [3.05, 3.63) is 48.0 Å². The molecule has 0 spiro atoms. The third-order valence-corrected chi connectivity index (χ3v) is 6.39. The molecule has 7 heteroatoms. The first-order valence-corrected chi connectivity index (χ1v) is 10.2. The lowest BCUT2D eigenvalue weighted by Gasteiger charge is -2.15. The minimum atomic E-state index is -3.42. The molecule has 1 heterocycles. The van der Waals surface area contributed by atoms with Crippen LogP contribution < -0.4 is 0 Å². The van der Waals surface area contributed by atoms with Crippen molar-refractivity contribution in [2.24, 2.45) is 10.2 Å². The normalized spacial score (nSPS) is 16.0. The van der Waals surface area contributed by atoms with Gasteiger partial charge in [0.2, 0.25) is 10.0 Å². The van der Waals surface area contributed by atoms with Crippen LogP contribution in [0.2, 0.25) is 0 Å². The minimum Gasteiger partial charge on any atom is -0.506 e. The summed E-state index contributed by atoms with van der Waals surface area (Å²) in [7, 11) is -3.42. The lowest BCUT2D eigenvalue weighted by Crippen LogP contribution is -2.27. The Morgan fingerprint density at radius 1 is 1.00 bits per heavy atom. The van der Waals surface area contributed by atoms with Gasteiger partial charge >= 0.3 is 0 Å². The van der Waals surface area contributed by atoms with E-state index in [-0.39, 0.29) is 10.6 Å². The van der Waals surface area contributed by atoms with Crippen molar-refractivity contribution in [1.29, 1.82) is 0 Å². The summed E-state index contributed by atoms with van der Waals surface area (Å²) in [5, 5.41) is 18.1. The van der Waals surface area contributed by atoms with Gasteiger partial charge in [-0.3, -0.25) is 0 Å². The summed E-state index contributed by atoms with van der Waals surface area (Å²) < 4.78 is 26.5. The van der Waals surface area contributed by atoms with Gasteiger partial charge in [-0.1, -0.05) is 19.9 Å². The van der Waals surface area contributed by atoms with E-state index >= 15 is 0 Å². The van der Waals surface area contributed by atoms with E-state index < -0.39 is 10.0 Å². The van der Waals surface area contributed by atoms with Gasteiger partial charge in [-0.15, -0.1) is 5.11 Å². The van der Waals surface area contributed by atoms with Gasteiger partial charge in [0.25, 0.3) is 0 Å². The highest BCUT2D eigenvalue weighted by Gasteiger charge is 2.26. The molecule has 1 N–H and O–H groups in total. The number of benzene rings is 2. The van der Waals surface area contributed by atoms with Crippen molar-refractivity contribution < 1.29 is 13.5 Å². The highest BCUT2D eigenvalue weighted by molar-refractivity contribution is 7.89. The van der Waals surface area contributed by atoms with Gasteiger partial charge in [0.1, 0.15) is 11.4 Å². The fraction of sp³-hybridized carbons (Fsp3) is 0.368. The Bertz CT molecular complexity index is 900.